The predicted molar refractivity (Wildman–Crippen MR) is 189 cm³/mol. The Morgan fingerprint density at radius 1 is 0.745 bits per heavy atom. The number of aromatic hydroxyl groups is 1. The first kappa shape index (κ1) is 36.5. The lowest BCUT2D eigenvalue weighted by atomic mass is 9.98. The van der Waals surface area contributed by atoms with Crippen LogP contribution in [0, 0.1) is 0 Å². The number of hydrogen-bond acceptors (Lipinski definition) is 8. The molecule has 1 heterocycles. The summed E-state index contributed by atoms with van der Waals surface area (Å²) >= 11 is 0. The Labute approximate surface area is 296 Å². The third-order valence-corrected chi connectivity index (χ3v) is 8.42. The Morgan fingerprint density at radius 2 is 1.33 bits per heavy atom. The van der Waals surface area contributed by atoms with Gasteiger partial charge in [0.2, 0.25) is 11.8 Å². The first-order valence-corrected chi connectivity index (χ1v) is 16.6. The van der Waals surface area contributed by atoms with E-state index < -0.39 is 47.6 Å². The van der Waals surface area contributed by atoms with Gasteiger partial charge in [-0.3, -0.25) is 14.6 Å². The Morgan fingerprint density at radius 3 is 1.92 bits per heavy atom. The summed E-state index contributed by atoms with van der Waals surface area (Å²) in [6.07, 6.45) is 2.27. The van der Waals surface area contributed by atoms with Crippen LogP contribution in [0.5, 0.6) is 5.75 Å². The van der Waals surface area contributed by atoms with E-state index in [0.29, 0.717) is 11.1 Å². The molecule has 0 saturated carbocycles. The van der Waals surface area contributed by atoms with Crippen molar-refractivity contribution in [3.05, 3.63) is 120 Å². The molecule has 0 fully saturated rings. The molecule has 0 spiro atoms. The SMILES string of the molecule is CC(C)(C)OC[C@H](NC(=O)[C@@H](Cc1cccnc1)NC(=O)OCC1c2ccccc2-c2ccccc21)C(=O)N[C@@H](Cc1ccc(O)cc1)C(=O)O. The summed E-state index contributed by atoms with van der Waals surface area (Å²) in [5, 5.41) is 27.3. The van der Waals surface area contributed by atoms with Crippen LogP contribution in [0.25, 0.3) is 11.1 Å². The Kier molecular flexibility index (Phi) is 11.7. The fourth-order valence-corrected chi connectivity index (χ4v) is 5.87. The number of alkyl carbamates (subject to hydrolysis) is 1. The molecule has 266 valence electrons. The van der Waals surface area contributed by atoms with E-state index in [1.165, 1.54) is 12.1 Å². The van der Waals surface area contributed by atoms with Gasteiger partial charge in [0.1, 0.15) is 30.5 Å². The number of carbonyl (C=O) groups is 4. The van der Waals surface area contributed by atoms with Crippen molar-refractivity contribution in [1.82, 2.24) is 20.9 Å². The van der Waals surface area contributed by atoms with Crippen LogP contribution in [0.15, 0.2) is 97.3 Å². The summed E-state index contributed by atoms with van der Waals surface area (Å²) in [6, 6.07) is 21.4. The number of carboxylic acid groups (broad SMARTS) is 1. The van der Waals surface area contributed by atoms with E-state index in [9.17, 15) is 29.4 Å². The maximum Gasteiger partial charge on any atom is 0.407 e. The minimum Gasteiger partial charge on any atom is -0.508 e. The third kappa shape index (κ3) is 9.92. The molecule has 0 unspecified atom stereocenters. The minimum atomic E-state index is -1.35. The summed E-state index contributed by atoms with van der Waals surface area (Å²) in [5.41, 5.74) is 4.73. The van der Waals surface area contributed by atoms with Crippen LogP contribution >= 0.6 is 0 Å². The number of benzene rings is 3. The van der Waals surface area contributed by atoms with Crippen molar-refractivity contribution in [2.45, 2.75) is 63.3 Å². The third-order valence-electron chi connectivity index (χ3n) is 8.42. The standard InChI is InChI=1S/C39H42N4O8/c1-39(2,3)51-23-34(36(46)41-33(37(47)48)19-24-14-16-26(44)17-15-24)42-35(45)32(20-25-9-8-18-40-21-25)43-38(49)50-22-31-29-12-6-4-10-27(29)28-11-5-7-13-30(28)31/h4-18,21,31-34,44H,19-20,22-23H2,1-3H3,(H,41,46)(H,42,45)(H,43,49)(H,47,48)/t32-,33+,34+/m1/s1. The van der Waals surface area contributed by atoms with E-state index in [0.717, 1.165) is 22.3 Å². The fourth-order valence-electron chi connectivity index (χ4n) is 5.87. The second-order valence-corrected chi connectivity index (χ2v) is 13.3. The maximum absolute atomic E-state index is 13.9. The van der Waals surface area contributed by atoms with Gasteiger partial charge in [-0.25, -0.2) is 9.59 Å². The summed E-state index contributed by atoms with van der Waals surface area (Å²) in [7, 11) is 0. The number of hydrogen-bond donors (Lipinski definition) is 5. The zero-order valence-corrected chi connectivity index (χ0v) is 28.7. The van der Waals surface area contributed by atoms with Crippen molar-refractivity contribution in [3.63, 3.8) is 0 Å². The molecule has 4 aromatic rings. The first-order valence-electron chi connectivity index (χ1n) is 16.6. The lowest BCUT2D eigenvalue weighted by Gasteiger charge is -2.27. The molecule has 0 bridgehead atoms. The molecular weight excluding hydrogens is 652 g/mol. The van der Waals surface area contributed by atoms with Crippen LogP contribution in [0.4, 0.5) is 4.79 Å². The van der Waals surface area contributed by atoms with Gasteiger partial charge in [0.25, 0.3) is 0 Å². The van der Waals surface area contributed by atoms with Crippen LogP contribution in [-0.4, -0.2) is 76.0 Å². The van der Waals surface area contributed by atoms with Crippen molar-refractivity contribution in [1.29, 1.82) is 0 Å². The van der Waals surface area contributed by atoms with Crippen LogP contribution in [0.3, 0.4) is 0 Å². The number of aliphatic carboxylic acids is 1. The average molecular weight is 695 g/mol. The Hall–Kier alpha value is -5.75. The lowest BCUT2D eigenvalue weighted by molar-refractivity contribution is -0.143. The van der Waals surface area contributed by atoms with Crippen LogP contribution in [-0.2, 0) is 36.7 Å². The molecule has 3 aromatic carbocycles. The molecule has 1 aliphatic rings. The molecule has 1 aliphatic carbocycles. The van der Waals surface area contributed by atoms with Gasteiger partial charge < -0.3 is 35.6 Å². The number of amides is 3. The average Bonchev–Trinajstić information content (AvgIpc) is 3.42. The highest BCUT2D eigenvalue weighted by molar-refractivity contribution is 5.93. The largest absolute Gasteiger partial charge is 0.508 e. The lowest BCUT2D eigenvalue weighted by Crippen LogP contribution is -2.58. The molecule has 12 nitrogen and oxygen atoms in total. The number of carboxylic acids is 1. The minimum absolute atomic E-state index is 0.0179. The van der Waals surface area contributed by atoms with Crippen molar-refractivity contribution >= 4 is 23.9 Å². The molecule has 51 heavy (non-hydrogen) atoms. The van der Waals surface area contributed by atoms with Gasteiger partial charge in [0.15, 0.2) is 0 Å². The summed E-state index contributed by atoms with van der Waals surface area (Å²) in [4.78, 5) is 57.0. The molecule has 5 N–H and O–H groups in total. The normalized spacial score (nSPS) is 13.9. The molecule has 3 amide bonds. The molecule has 0 aliphatic heterocycles. The number of fused-ring (bicyclic) bond motifs is 3. The molecule has 0 saturated heterocycles. The van der Waals surface area contributed by atoms with Crippen molar-refractivity contribution in [3.8, 4) is 16.9 Å². The molecule has 0 radical (unpaired) electrons. The van der Waals surface area contributed by atoms with E-state index in [2.05, 4.69) is 20.9 Å². The number of phenolic OH excluding ortho intramolecular Hbond substituents is 1. The number of rotatable bonds is 14. The van der Waals surface area contributed by atoms with Crippen molar-refractivity contribution in [2.24, 2.45) is 0 Å². The van der Waals surface area contributed by atoms with Gasteiger partial charge in [0, 0.05) is 31.2 Å². The van der Waals surface area contributed by atoms with Gasteiger partial charge in [-0.05, 0) is 72.4 Å². The van der Waals surface area contributed by atoms with Crippen molar-refractivity contribution < 1.29 is 38.9 Å². The number of nitrogens with zero attached hydrogens (tertiary/aromatic N) is 1. The number of phenols is 1. The smallest absolute Gasteiger partial charge is 0.407 e. The van der Waals surface area contributed by atoms with Crippen LogP contribution in [0.2, 0.25) is 0 Å². The van der Waals surface area contributed by atoms with E-state index in [4.69, 9.17) is 9.47 Å². The number of pyridine rings is 1. The second kappa shape index (κ2) is 16.3. The van der Waals surface area contributed by atoms with Crippen molar-refractivity contribution in [2.75, 3.05) is 13.2 Å². The number of ether oxygens (including phenoxy) is 2. The molecular formula is C39H42N4O8. The summed E-state index contributed by atoms with van der Waals surface area (Å²) < 4.78 is 11.6. The van der Waals surface area contributed by atoms with Gasteiger partial charge >= 0.3 is 12.1 Å². The van der Waals surface area contributed by atoms with Crippen LogP contribution < -0.4 is 16.0 Å². The number of nitrogens with one attached hydrogen (secondary N) is 3. The van der Waals surface area contributed by atoms with Gasteiger partial charge in [-0.15, -0.1) is 0 Å². The van der Waals surface area contributed by atoms with Gasteiger partial charge in [-0.1, -0.05) is 66.7 Å². The fraction of sp³-hybridized carbons (Fsp3) is 0.308. The Balaban J connectivity index is 1.31. The predicted octanol–water partition coefficient (Wildman–Crippen LogP) is 4.35. The monoisotopic (exact) mass is 694 g/mol. The molecule has 5 rings (SSSR count). The zero-order chi connectivity index (χ0) is 36.5. The van der Waals surface area contributed by atoms with E-state index in [1.54, 1.807) is 57.4 Å². The molecule has 1 aromatic heterocycles. The Bertz CT molecular complexity index is 1800. The number of aromatic nitrogens is 1. The second-order valence-electron chi connectivity index (χ2n) is 13.3. The first-order chi connectivity index (χ1) is 24.4. The zero-order valence-electron chi connectivity index (χ0n) is 28.7. The summed E-state index contributed by atoms with van der Waals surface area (Å²) in [5.74, 6) is -2.97. The highest BCUT2D eigenvalue weighted by atomic mass is 16.5. The molecule has 12 heteroatoms. The maximum atomic E-state index is 13.9. The van der Waals surface area contributed by atoms with Gasteiger partial charge in [-0.2, -0.15) is 0 Å². The quantitative estimate of drug-likeness (QED) is 0.129. The topological polar surface area (TPSA) is 176 Å². The summed E-state index contributed by atoms with van der Waals surface area (Å²) in [6.45, 7) is 5.08. The molecule has 3 atom stereocenters. The van der Waals surface area contributed by atoms with E-state index in [-0.39, 0.29) is 37.7 Å². The highest BCUT2D eigenvalue weighted by Crippen LogP contribution is 2.44. The number of carbonyl (C=O) groups excluding carboxylic acids is 3. The van der Waals surface area contributed by atoms with E-state index >= 15 is 0 Å². The highest BCUT2D eigenvalue weighted by Gasteiger charge is 2.33. The van der Waals surface area contributed by atoms with E-state index in [1.807, 2.05) is 48.5 Å². The van der Waals surface area contributed by atoms with Gasteiger partial charge in [0.05, 0.1) is 12.2 Å². The van der Waals surface area contributed by atoms with Crippen LogP contribution in [0.1, 0.15) is 48.9 Å².